The second-order valence-corrected chi connectivity index (χ2v) is 4.61. The summed E-state index contributed by atoms with van der Waals surface area (Å²) >= 11 is 3.62. The van der Waals surface area contributed by atoms with Crippen LogP contribution in [0.3, 0.4) is 0 Å². The average molecular weight is 206 g/mol. The highest BCUT2D eigenvalue weighted by Gasteiger charge is 2.27. The predicted molar refractivity (Wildman–Crippen MR) is 51.1 cm³/mol. The molecule has 5 heteroatoms. The van der Waals surface area contributed by atoms with Crippen molar-refractivity contribution in [3.63, 3.8) is 0 Å². The lowest BCUT2D eigenvalue weighted by atomic mass is 9.93. The van der Waals surface area contributed by atoms with Gasteiger partial charge in [-0.05, 0) is 17.4 Å². The Morgan fingerprint density at radius 2 is 2.00 bits per heavy atom. The molecule has 0 bridgehead atoms. The molecule has 0 saturated heterocycles. The lowest BCUT2D eigenvalue weighted by Gasteiger charge is -2.14. The highest BCUT2D eigenvalue weighted by Crippen LogP contribution is 2.32. The van der Waals surface area contributed by atoms with E-state index in [1.807, 2.05) is 13.8 Å². The maximum absolute atomic E-state index is 10.6. The monoisotopic (exact) mass is 206 g/mol. The Balaban J connectivity index is 4.14. The smallest absolute Gasteiger partial charge is 0.198 e. The summed E-state index contributed by atoms with van der Waals surface area (Å²) < 4.78 is 15.5. The third-order valence-corrected chi connectivity index (χ3v) is 2.43. The topological polar surface area (TPSA) is 50.1 Å². The van der Waals surface area contributed by atoms with Gasteiger partial charge in [-0.1, -0.05) is 13.8 Å². The molecule has 0 aliphatic rings. The van der Waals surface area contributed by atoms with Gasteiger partial charge in [0.2, 0.25) is 0 Å². The first-order chi connectivity index (χ1) is 5.49. The second-order valence-electron chi connectivity index (χ2n) is 2.95. The quantitative estimate of drug-likeness (QED) is 0.568. The van der Waals surface area contributed by atoms with E-state index in [-0.39, 0.29) is 17.9 Å². The van der Waals surface area contributed by atoms with E-state index in [0.717, 1.165) is 0 Å². The summed E-state index contributed by atoms with van der Waals surface area (Å²) in [4.78, 5) is 0. The summed E-state index contributed by atoms with van der Waals surface area (Å²) in [6.07, 6.45) is -0.323. The van der Waals surface area contributed by atoms with E-state index in [1.165, 1.54) is 0 Å². The third-order valence-electron chi connectivity index (χ3n) is 1.63. The number of hydrogen-bond acceptors (Lipinski definition) is 3. The van der Waals surface area contributed by atoms with Crippen LogP contribution in [-0.4, -0.2) is 6.10 Å². The Labute approximate surface area is 79.1 Å². The lowest BCUT2D eigenvalue weighted by Crippen LogP contribution is -2.21. The summed E-state index contributed by atoms with van der Waals surface area (Å²) in [6, 6.07) is 2.12. The molecule has 0 spiro atoms. The van der Waals surface area contributed by atoms with Gasteiger partial charge in [-0.15, -0.1) is 4.52 Å². The molecule has 3 unspecified atom stereocenters. The van der Waals surface area contributed by atoms with Crippen molar-refractivity contribution in [2.45, 2.75) is 26.9 Å². The Morgan fingerprint density at radius 3 is 2.25 bits per heavy atom. The average Bonchev–Trinajstić information content (AvgIpc) is 1.85. The van der Waals surface area contributed by atoms with Gasteiger partial charge >= 0.3 is 7.23 Å². The normalized spacial score (nSPS) is 16.8. The molecule has 0 N–H and O–H groups in total. The molecule has 0 aromatic heterocycles. The van der Waals surface area contributed by atoms with Crippen LogP contribution in [0.1, 0.15) is 20.8 Å². The number of nitriles is 1. The van der Waals surface area contributed by atoms with Gasteiger partial charge in [-0.3, -0.25) is 0 Å². The fourth-order valence-electron chi connectivity index (χ4n) is 1.00. The number of rotatable bonds is 4. The molecular weight excluding hydrogens is 193 g/mol. The standard InChI is InChI=1S/C7H12NO2PS/c1-5(2)7(4-8)6(3)10-11(9)12/h5-7H,1-3H3/p+1. The molecule has 0 amide bonds. The van der Waals surface area contributed by atoms with Crippen LogP contribution >= 0.6 is 19.5 Å². The van der Waals surface area contributed by atoms with E-state index in [2.05, 4.69) is 18.3 Å². The van der Waals surface area contributed by atoms with Crippen molar-refractivity contribution in [2.75, 3.05) is 0 Å². The first-order valence-corrected chi connectivity index (χ1v) is 6.04. The molecule has 0 heterocycles. The van der Waals surface area contributed by atoms with Crippen molar-refractivity contribution < 1.29 is 9.09 Å². The minimum atomic E-state index is -1.91. The van der Waals surface area contributed by atoms with Gasteiger partial charge in [-0.25, -0.2) is 0 Å². The first-order valence-electron chi connectivity index (χ1n) is 3.71. The molecule has 0 saturated carbocycles. The summed E-state index contributed by atoms with van der Waals surface area (Å²) in [6.45, 7) is 5.59. The Hall–Kier alpha value is -0.100. The van der Waals surface area contributed by atoms with E-state index >= 15 is 0 Å². The Bertz CT molecular complexity index is 202. The zero-order valence-electron chi connectivity index (χ0n) is 7.39. The SMILES string of the molecule is CC(C)C(C#N)C(C)O[P+](=O)S. The highest BCUT2D eigenvalue weighted by atomic mass is 32.7. The summed E-state index contributed by atoms with van der Waals surface area (Å²) in [7, 11) is -1.91. The fourth-order valence-corrected chi connectivity index (χ4v) is 1.87. The highest BCUT2D eigenvalue weighted by molar-refractivity contribution is 8.39. The molecule has 0 fully saturated rings. The first kappa shape index (κ1) is 11.9. The van der Waals surface area contributed by atoms with Crippen molar-refractivity contribution in [1.82, 2.24) is 0 Å². The second kappa shape index (κ2) is 5.53. The van der Waals surface area contributed by atoms with Gasteiger partial charge in [0.05, 0.1) is 12.0 Å². The van der Waals surface area contributed by atoms with Gasteiger partial charge in [0.25, 0.3) is 0 Å². The van der Waals surface area contributed by atoms with Gasteiger partial charge in [-0.2, -0.15) is 5.26 Å². The molecule has 0 aliphatic carbocycles. The van der Waals surface area contributed by atoms with E-state index in [9.17, 15) is 4.57 Å². The molecule has 0 aromatic rings. The summed E-state index contributed by atoms with van der Waals surface area (Å²) in [5.74, 6) is -0.0237. The largest absolute Gasteiger partial charge is 0.582 e. The van der Waals surface area contributed by atoms with Crippen molar-refractivity contribution in [1.29, 1.82) is 5.26 Å². The molecule has 12 heavy (non-hydrogen) atoms. The molecule has 3 atom stereocenters. The molecule has 0 aliphatic heterocycles. The third kappa shape index (κ3) is 4.06. The maximum atomic E-state index is 10.6. The molecule has 3 nitrogen and oxygen atoms in total. The van der Waals surface area contributed by atoms with Crippen molar-refractivity contribution >= 4 is 19.5 Å². The van der Waals surface area contributed by atoms with Crippen LogP contribution in [0, 0.1) is 23.2 Å². The van der Waals surface area contributed by atoms with Gasteiger partial charge in [0.1, 0.15) is 18.4 Å². The van der Waals surface area contributed by atoms with Crippen LogP contribution in [0.25, 0.3) is 0 Å². The van der Waals surface area contributed by atoms with Crippen LogP contribution in [-0.2, 0) is 9.09 Å². The number of nitrogens with zero attached hydrogens (tertiary/aromatic N) is 1. The van der Waals surface area contributed by atoms with Gasteiger partial charge < -0.3 is 0 Å². The van der Waals surface area contributed by atoms with E-state index in [4.69, 9.17) is 9.79 Å². The summed E-state index contributed by atoms with van der Waals surface area (Å²) in [5.41, 5.74) is 0. The minimum absolute atomic E-state index is 0.202. The number of hydrogen-bond donors (Lipinski definition) is 1. The Kier molecular flexibility index (Phi) is 5.48. The zero-order valence-corrected chi connectivity index (χ0v) is 9.18. The van der Waals surface area contributed by atoms with E-state index in [0.29, 0.717) is 0 Å². The fraction of sp³-hybridized carbons (Fsp3) is 0.857. The van der Waals surface area contributed by atoms with E-state index < -0.39 is 7.23 Å². The molecule has 0 rings (SSSR count). The number of thiol groups is 1. The molecule has 0 radical (unpaired) electrons. The molecule has 68 valence electrons. The van der Waals surface area contributed by atoms with Gasteiger partial charge in [0, 0.05) is 0 Å². The molecule has 0 aromatic carbocycles. The Morgan fingerprint density at radius 1 is 1.50 bits per heavy atom. The van der Waals surface area contributed by atoms with Crippen LogP contribution < -0.4 is 0 Å². The van der Waals surface area contributed by atoms with Crippen molar-refractivity contribution in [3.8, 4) is 6.07 Å². The van der Waals surface area contributed by atoms with Crippen LogP contribution in [0.4, 0.5) is 0 Å². The lowest BCUT2D eigenvalue weighted by molar-refractivity contribution is 0.168. The predicted octanol–water partition coefficient (Wildman–Crippen LogP) is 2.77. The van der Waals surface area contributed by atoms with Crippen molar-refractivity contribution in [3.05, 3.63) is 0 Å². The maximum Gasteiger partial charge on any atom is 0.582 e. The van der Waals surface area contributed by atoms with Crippen LogP contribution in [0.15, 0.2) is 0 Å². The van der Waals surface area contributed by atoms with Gasteiger partial charge in [0.15, 0.2) is 0 Å². The van der Waals surface area contributed by atoms with Crippen LogP contribution in [0.5, 0.6) is 0 Å². The minimum Gasteiger partial charge on any atom is -0.198 e. The summed E-state index contributed by atoms with van der Waals surface area (Å²) in [5, 5.41) is 8.73. The zero-order chi connectivity index (χ0) is 9.72. The molecular formula is C7H13NO2PS+. The van der Waals surface area contributed by atoms with E-state index in [1.54, 1.807) is 6.92 Å². The van der Waals surface area contributed by atoms with Crippen LogP contribution in [0.2, 0.25) is 0 Å². The van der Waals surface area contributed by atoms with Crippen molar-refractivity contribution in [2.24, 2.45) is 11.8 Å².